The molecular weight excluding hydrogens is 264 g/mol. The fraction of sp³-hybridized carbons (Fsp3) is 0.538. The smallest absolute Gasteiger partial charge is 0.0399 e. The third-order valence-electron chi connectivity index (χ3n) is 3.40. The molecule has 1 aliphatic rings. The van der Waals surface area contributed by atoms with Gasteiger partial charge in [-0.1, -0.05) is 15.9 Å². The first-order valence-corrected chi connectivity index (χ1v) is 6.67. The van der Waals surface area contributed by atoms with Gasteiger partial charge >= 0.3 is 0 Å². The Hall–Kier alpha value is -0.540. The maximum absolute atomic E-state index is 3.57. The first-order valence-electron chi connectivity index (χ1n) is 5.87. The van der Waals surface area contributed by atoms with Crippen LogP contribution in [-0.4, -0.2) is 27.2 Å². The van der Waals surface area contributed by atoms with E-state index in [1.807, 2.05) is 7.05 Å². The third-order valence-corrected chi connectivity index (χ3v) is 3.89. The molecule has 1 aromatic carbocycles. The van der Waals surface area contributed by atoms with E-state index >= 15 is 0 Å². The van der Waals surface area contributed by atoms with Gasteiger partial charge in [0.1, 0.15) is 0 Å². The topological polar surface area (TPSA) is 15.3 Å². The maximum atomic E-state index is 3.57. The molecule has 0 aliphatic carbocycles. The minimum atomic E-state index is 0.705. The third kappa shape index (κ3) is 2.41. The molecular formula is C13H19BrN2. The van der Waals surface area contributed by atoms with E-state index in [1.165, 1.54) is 35.1 Å². The lowest BCUT2D eigenvalue weighted by atomic mass is 9.87. The minimum absolute atomic E-state index is 0.705. The summed E-state index contributed by atoms with van der Waals surface area (Å²) in [5.74, 6) is 0.705. The summed E-state index contributed by atoms with van der Waals surface area (Å²) in [7, 11) is 4.21. The van der Waals surface area contributed by atoms with Crippen LogP contribution in [0, 0.1) is 0 Å². The van der Waals surface area contributed by atoms with Gasteiger partial charge < -0.3 is 10.2 Å². The van der Waals surface area contributed by atoms with Gasteiger partial charge in [-0.05, 0) is 56.1 Å². The highest BCUT2D eigenvalue weighted by molar-refractivity contribution is 9.10. The van der Waals surface area contributed by atoms with Crippen molar-refractivity contribution in [1.82, 2.24) is 5.32 Å². The van der Waals surface area contributed by atoms with Gasteiger partial charge in [-0.25, -0.2) is 0 Å². The summed E-state index contributed by atoms with van der Waals surface area (Å²) < 4.78 is 1.19. The number of hydrogen-bond acceptors (Lipinski definition) is 2. The molecule has 1 aromatic rings. The monoisotopic (exact) mass is 282 g/mol. The molecule has 0 saturated carbocycles. The van der Waals surface area contributed by atoms with Gasteiger partial charge in [0, 0.05) is 23.8 Å². The number of halogens is 1. The predicted octanol–water partition coefficient (Wildman–Crippen LogP) is 2.98. The van der Waals surface area contributed by atoms with Crippen LogP contribution in [0.3, 0.4) is 0 Å². The molecule has 0 spiro atoms. The van der Waals surface area contributed by atoms with Crippen molar-refractivity contribution in [2.24, 2.45) is 0 Å². The fourth-order valence-corrected chi connectivity index (χ4v) is 2.82. The van der Waals surface area contributed by atoms with Gasteiger partial charge in [-0.15, -0.1) is 0 Å². The van der Waals surface area contributed by atoms with Crippen molar-refractivity contribution < 1.29 is 0 Å². The second kappa shape index (κ2) is 5.19. The number of nitrogens with one attached hydrogen (secondary N) is 1. The Bertz CT molecular complexity index is 365. The van der Waals surface area contributed by atoms with Crippen LogP contribution in [0.15, 0.2) is 22.7 Å². The molecule has 0 aromatic heterocycles. The Morgan fingerprint density at radius 1 is 1.50 bits per heavy atom. The van der Waals surface area contributed by atoms with Crippen LogP contribution >= 0.6 is 15.9 Å². The van der Waals surface area contributed by atoms with Gasteiger partial charge in [-0.2, -0.15) is 0 Å². The average Bonchev–Trinajstić information content (AvgIpc) is 2.28. The molecule has 1 aliphatic heterocycles. The molecule has 1 N–H and O–H groups in total. The molecule has 1 atom stereocenters. The van der Waals surface area contributed by atoms with E-state index in [2.05, 4.69) is 51.4 Å². The van der Waals surface area contributed by atoms with Crippen molar-refractivity contribution in [1.29, 1.82) is 0 Å². The predicted molar refractivity (Wildman–Crippen MR) is 73.3 cm³/mol. The summed E-state index contributed by atoms with van der Waals surface area (Å²) in [4.78, 5) is 2.36. The largest absolute Gasteiger partial charge is 0.374 e. The molecule has 16 heavy (non-hydrogen) atoms. The van der Waals surface area contributed by atoms with Crippen LogP contribution in [0.2, 0.25) is 0 Å². The van der Waals surface area contributed by atoms with Gasteiger partial charge in [-0.3, -0.25) is 0 Å². The van der Waals surface area contributed by atoms with Crippen molar-refractivity contribution in [3.8, 4) is 0 Å². The van der Waals surface area contributed by atoms with E-state index in [0.29, 0.717) is 5.92 Å². The van der Waals surface area contributed by atoms with Crippen molar-refractivity contribution in [3.05, 3.63) is 28.2 Å². The highest BCUT2D eigenvalue weighted by Gasteiger charge is 2.22. The first kappa shape index (κ1) is 11.9. The van der Waals surface area contributed by atoms with E-state index in [4.69, 9.17) is 0 Å². The Labute approximate surface area is 106 Å². The molecule has 0 bridgehead atoms. The Morgan fingerprint density at radius 3 is 3.06 bits per heavy atom. The quantitative estimate of drug-likeness (QED) is 0.917. The number of hydrogen-bond donors (Lipinski definition) is 1. The lowest BCUT2D eigenvalue weighted by Gasteiger charge is -2.33. The minimum Gasteiger partial charge on any atom is -0.374 e. The summed E-state index contributed by atoms with van der Waals surface area (Å²) in [6.07, 6.45) is 2.50. The number of benzene rings is 1. The molecule has 3 heteroatoms. The zero-order valence-electron chi connectivity index (χ0n) is 9.96. The van der Waals surface area contributed by atoms with E-state index in [-0.39, 0.29) is 0 Å². The fourth-order valence-electron chi connectivity index (χ4n) is 2.44. The second-order valence-electron chi connectivity index (χ2n) is 4.50. The van der Waals surface area contributed by atoms with Crippen LogP contribution in [0.4, 0.5) is 5.69 Å². The highest BCUT2D eigenvalue weighted by Crippen LogP contribution is 2.37. The summed E-state index contributed by atoms with van der Waals surface area (Å²) in [6.45, 7) is 2.27. The van der Waals surface area contributed by atoms with Crippen molar-refractivity contribution in [3.63, 3.8) is 0 Å². The van der Waals surface area contributed by atoms with Crippen LogP contribution in [0.1, 0.15) is 24.3 Å². The molecule has 0 amide bonds. The summed E-state index contributed by atoms with van der Waals surface area (Å²) in [6, 6.07) is 6.64. The molecule has 2 rings (SSSR count). The van der Waals surface area contributed by atoms with E-state index in [1.54, 1.807) is 0 Å². The number of anilines is 1. The van der Waals surface area contributed by atoms with Gasteiger partial charge in [0.2, 0.25) is 0 Å². The molecule has 2 nitrogen and oxygen atoms in total. The lowest BCUT2D eigenvalue weighted by Crippen LogP contribution is -2.28. The average molecular weight is 283 g/mol. The zero-order valence-corrected chi connectivity index (χ0v) is 11.5. The normalized spacial score (nSPS) is 19.7. The zero-order chi connectivity index (χ0) is 11.5. The maximum Gasteiger partial charge on any atom is 0.0399 e. The summed E-state index contributed by atoms with van der Waals surface area (Å²) in [5, 5.41) is 3.25. The van der Waals surface area contributed by atoms with E-state index in [0.717, 1.165) is 6.54 Å². The van der Waals surface area contributed by atoms with Crippen molar-refractivity contribution in [2.45, 2.75) is 18.8 Å². The second-order valence-corrected chi connectivity index (χ2v) is 5.42. The van der Waals surface area contributed by atoms with Gasteiger partial charge in [0.15, 0.2) is 0 Å². The molecule has 0 radical (unpaired) electrons. The molecule has 1 heterocycles. The number of rotatable bonds is 3. The van der Waals surface area contributed by atoms with Crippen molar-refractivity contribution in [2.75, 3.05) is 32.1 Å². The standard InChI is InChI=1S/C13H19BrN2/c1-15-7-5-10-6-8-16(2)13-4-3-11(14)9-12(10)13/h3-4,9-10,15H,5-8H2,1-2H3. The Kier molecular flexibility index (Phi) is 3.87. The van der Waals surface area contributed by atoms with Crippen LogP contribution in [0.25, 0.3) is 0 Å². The van der Waals surface area contributed by atoms with E-state index in [9.17, 15) is 0 Å². The highest BCUT2D eigenvalue weighted by atomic mass is 79.9. The number of fused-ring (bicyclic) bond motifs is 1. The van der Waals surface area contributed by atoms with Crippen LogP contribution in [0.5, 0.6) is 0 Å². The SMILES string of the molecule is CNCCC1CCN(C)c2ccc(Br)cc21. The summed E-state index contributed by atoms with van der Waals surface area (Å²) >= 11 is 3.57. The first-order chi connectivity index (χ1) is 7.72. The Balaban J connectivity index is 2.27. The van der Waals surface area contributed by atoms with Gasteiger partial charge in [0.25, 0.3) is 0 Å². The van der Waals surface area contributed by atoms with Crippen LogP contribution in [-0.2, 0) is 0 Å². The molecule has 88 valence electrons. The Morgan fingerprint density at radius 2 is 2.31 bits per heavy atom. The van der Waals surface area contributed by atoms with Crippen molar-refractivity contribution >= 4 is 21.6 Å². The van der Waals surface area contributed by atoms with E-state index < -0.39 is 0 Å². The number of nitrogens with zero attached hydrogens (tertiary/aromatic N) is 1. The molecule has 0 fully saturated rings. The van der Waals surface area contributed by atoms with Crippen LogP contribution < -0.4 is 10.2 Å². The molecule has 0 saturated heterocycles. The van der Waals surface area contributed by atoms with Gasteiger partial charge in [0.05, 0.1) is 0 Å². The summed E-state index contributed by atoms with van der Waals surface area (Å²) in [5.41, 5.74) is 2.90. The lowest BCUT2D eigenvalue weighted by molar-refractivity contribution is 0.539. The molecule has 1 unspecified atom stereocenters.